The first-order chi connectivity index (χ1) is 21.9. The minimum absolute atomic E-state index is 0.0198. The van der Waals surface area contributed by atoms with Gasteiger partial charge in [-0.25, -0.2) is 9.97 Å². The summed E-state index contributed by atoms with van der Waals surface area (Å²) in [6, 6.07) is 8.92. The molecule has 2 aliphatic heterocycles. The Morgan fingerprint density at radius 2 is 1.87 bits per heavy atom. The number of thiazole rings is 1. The van der Waals surface area contributed by atoms with Crippen LogP contribution in [0.3, 0.4) is 0 Å². The molecule has 3 aromatic rings. The average molecular weight is 647 g/mol. The number of carbonyl (C=O) groups excluding carboxylic acids is 3. The zero-order chi connectivity index (χ0) is 32.6. The Morgan fingerprint density at radius 3 is 2.59 bits per heavy atom. The molecule has 46 heavy (non-hydrogen) atoms. The summed E-state index contributed by atoms with van der Waals surface area (Å²) in [7, 11) is 1.74. The minimum atomic E-state index is -0.355. The molecule has 3 N–H and O–H groups in total. The molecule has 11 heteroatoms. The van der Waals surface area contributed by atoms with Gasteiger partial charge >= 0.3 is 0 Å². The Morgan fingerprint density at radius 1 is 1.09 bits per heavy atom. The first-order valence-electron chi connectivity index (χ1n) is 16.6. The maximum atomic E-state index is 13.8. The van der Waals surface area contributed by atoms with Gasteiger partial charge in [0.15, 0.2) is 5.01 Å². The number of aliphatic hydroxyl groups is 1. The number of benzene rings is 1. The summed E-state index contributed by atoms with van der Waals surface area (Å²) < 4.78 is 0. The van der Waals surface area contributed by atoms with Crippen molar-refractivity contribution in [2.24, 2.45) is 11.3 Å². The fourth-order valence-corrected chi connectivity index (χ4v) is 7.81. The lowest BCUT2D eigenvalue weighted by Gasteiger charge is -2.34. The number of hydrogen-bond donors (Lipinski definition) is 3. The van der Waals surface area contributed by atoms with Crippen molar-refractivity contribution in [1.29, 1.82) is 0 Å². The van der Waals surface area contributed by atoms with Crippen LogP contribution in [0.4, 0.5) is 0 Å². The van der Waals surface area contributed by atoms with Crippen molar-refractivity contribution in [3.8, 4) is 0 Å². The maximum Gasteiger partial charge on any atom is 0.280 e. The second-order valence-corrected chi connectivity index (χ2v) is 15.4. The van der Waals surface area contributed by atoms with E-state index in [9.17, 15) is 19.5 Å². The Kier molecular flexibility index (Phi) is 9.45. The largest absolute Gasteiger partial charge is 0.393 e. The second-order valence-electron chi connectivity index (χ2n) is 14.4. The van der Waals surface area contributed by atoms with Crippen LogP contribution in [0.2, 0.25) is 0 Å². The van der Waals surface area contributed by atoms with Gasteiger partial charge < -0.3 is 25.5 Å². The molecule has 3 amide bonds. The lowest BCUT2D eigenvalue weighted by atomic mass is 9.71. The number of piperidine rings is 1. The Hall–Kier alpha value is -3.41. The fourth-order valence-electron chi connectivity index (χ4n) is 6.97. The number of pyridine rings is 1. The van der Waals surface area contributed by atoms with Crippen molar-refractivity contribution in [2.45, 2.75) is 83.9 Å². The monoisotopic (exact) mass is 646 g/mol. The highest BCUT2D eigenvalue weighted by atomic mass is 32.1. The van der Waals surface area contributed by atoms with E-state index in [0.29, 0.717) is 35.9 Å². The second kappa shape index (κ2) is 13.4. The molecule has 10 nitrogen and oxygen atoms in total. The van der Waals surface area contributed by atoms with Gasteiger partial charge in [-0.15, -0.1) is 0 Å². The summed E-state index contributed by atoms with van der Waals surface area (Å²) >= 11 is 1.33. The maximum absolute atomic E-state index is 13.8. The third kappa shape index (κ3) is 7.42. The van der Waals surface area contributed by atoms with Gasteiger partial charge in [0.05, 0.1) is 18.2 Å². The number of hydrogen-bond acceptors (Lipinski definition) is 8. The molecule has 2 saturated heterocycles. The summed E-state index contributed by atoms with van der Waals surface area (Å²) in [5, 5.41) is 16.6. The van der Waals surface area contributed by atoms with E-state index < -0.39 is 0 Å². The lowest BCUT2D eigenvalue weighted by molar-refractivity contribution is -0.126. The van der Waals surface area contributed by atoms with E-state index in [-0.39, 0.29) is 41.3 Å². The normalized spacial score (nSPS) is 21.8. The minimum Gasteiger partial charge on any atom is -0.393 e. The summed E-state index contributed by atoms with van der Waals surface area (Å²) in [6.45, 7) is 9.74. The molecule has 0 bridgehead atoms. The number of fused-ring (bicyclic) bond motifs is 2. The predicted molar refractivity (Wildman–Crippen MR) is 179 cm³/mol. The molecular formula is C35H46N6O4S. The quantitative estimate of drug-likeness (QED) is 0.336. The van der Waals surface area contributed by atoms with Crippen LogP contribution >= 0.6 is 11.3 Å². The number of carbonyl (C=O) groups is 3. The van der Waals surface area contributed by atoms with E-state index in [1.165, 1.54) is 16.9 Å². The number of aryl methyl sites for hydroxylation is 1. The van der Waals surface area contributed by atoms with Crippen molar-refractivity contribution in [3.63, 3.8) is 0 Å². The summed E-state index contributed by atoms with van der Waals surface area (Å²) in [4.78, 5) is 53.3. The Balaban J connectivity index is 1.20. The van der Waals surface area contributed by atoms with E-state index in [2.05, 4.69) is 42.4 Å². The van der Waals surface area contributed by atoms with Crippen molar-refractivity contribution < 1.29 is 19.5 Å². The van der Waals surface area contributed by atoms with E-state index in [0.717, 1.165) is 73.3 Å². The van der Waals surface area contributed by atoms with Crippen molar-refractivity contribution in [3.05, 3.63) is 57.7 Å². The van der Waals surface area contributed by atoms with Gasteiger partial charge in [-0.2, -0.15) is 0 Å². The van der Waals surface area contributed by atoms with Gasteiger partial charge in [0.1, 0.15) is 10.3 Å². The number of amides is 3. The van der Waals surface area contributed by atoms with Gasteiger partial charge in [-0.3, -0.25) is 14.4 Å². The van der Waals surface area contributed by atoms with Crippen LogP contribution in [-0.2, 0) is 17.6 Å². The molecular weight excluding hydrogens is 600 g/mol. The molecule has 0 radical (unpaired) electrons. The molecule has 1 aliphatic carbocycles. The van der Waals surface area contributed by atoms with E-state index in [1.54, 1.807) is 18.0 Å². The first kappa shape index (κ1) is 32.5. The van der Waals surface area contributed by atoms with Crippen LogP contribution in [0.1, 0.15) is 95.9 Å². The number of aromatic nitrogens is 2. The van der Waals surface area contributed by atoms with Gasteiger partial charge in [0.25, 0.3) is 11.8 Å². The van der Waals surface area contributed by atoms with Crippen molar-refractivity contribution >= 4 is 39.4 Å². The lowest BCUT2D eigenvalue weighted by Crippen LogP contribution is -2.38. The van der Waals surface area contributed by atoms with Gasteiger partial charge in [-0.1, -0.05) is 44.2 Å². The molecule has 4 heterocycles. The SMILES string of the molecule is CN1CC(NC(=O)c2cccc(C(CCN3CCC(O)CC3)NC(=O)c3nc4cc5c(nc4s3)CC[C@H](C(C)(C)C)C5)c2)CC1=O. The first-order valence-corrected chi connectivity index (χ1v) is 17.4. The number of rotatable bonds is 8. The highest BCUT2D eigenvalue weighted by molar-refractivity contribution is 7.19. The molecule has 0 saturated carbocycles. The average Bonchev–Trinajstić information content (AvgIpc) is 3.59. The Bertz CT molecular complexity index is 1610. The van der Waals surface area contributed by atoms with Crippen LogP contribution < -0.4 is 10.6 Å². The topological polar surface area (TPSA) is 128 Å². The van der Waals surface area contributed by atoms with E-state index in [1.807, 2.05) is 18.2 Å². The van der Waals surface area contributed by atoms with Crippen molar-refractivity contribution in [1.82, 2.24) is 30.4 Å². The summed E-state index contributed by atoms with van der Waals surface area (Å²) in [5.74, 6) is 0.116. The molecule has 3 aliphatic rings. The number of nitrogens with one attached hydrogen (secondary N) is 2. The Labute approximate surface area is 275 Å². The van der Waals surface area contributed by atoms with Gasteiger partial charge in [-0.05, 0) is 79.2 Å². The zero-order valence-corrected chi connectivity index (χ0v) is 28.2. The van der Waals surface area contributed by atoms with Crippen LogP contribution in [0, 0.1) is 11.3 Å². The number of aliphatic hydroxyl groups excluding tert-OH is 1. The smallest absolute Gasteiger partial charge is 0.280 e. The molecule has 2 aromatic heterocycles. The van der Waals surface area contributed by atoms with Crippen LogP contribution in [-0.4, -0.2) is 88.0 Å². The van der Waals surface area contributed by atoms with E-state index in [4.69, 9.17) is 9.97 Å². The molecule has 6 rings (SSSR count). The predicted octanol–water partition coefficient (Wildman–Crippen LogP) is 4.12. The number of likely N-dealkylation sites (tertiary alicyclic amines) is 2. The molecule has 3 atom stereocenters. The highest BCUT2D eigenvalue weighted by Crippen LogP contribution is 2.38. The molecule has 1 aromatic carbocycles. The summed E-state index contributed by atoms with van der Waals surface area (Å²) in [5.41, 5.74) is 4.68. The third-order valence-electron chi connectivity index (χ3n) is 9.99. The molecule has 2 fully saturated rings. The molecule has 246 valence electrons. The number of likely N-dealkylation sites (N-methyl/N-ethyl adjacent to an activating group) is 1. The summed E-state index contributed by atoms with van der Waals surface area (Å²) in [6.07, 6.45) is 5.20. The molecule has 0 spiro atoms. The third-order valence-corrected chi connectivity index (χ3v) is 11.0. The van der Waals surface area contributed by atoms with E-state index >= 15 is 0 Å². The van der Waals surface area contributed by atoms with Crippen LogP contribution in [0.15, 0.2) is 30.3 Å². The van der Waals surface area contributed by atoms with Gasteiger partial charge in [0.2, 0.25) is 5.91 Å². The fraction of sp³-hybridized carbons (Fsp3) is 0.571. The molecule has 2 unspecified atom stereocenters. The van der Waals surface area contributed by atoms with Gasteiger partial charge in [0, 0.05) is 50.9 Å². The van der Waals surface area contributed by atoms with Crippen molar-refractivity contribution in [2.75, 3.05) is 33.2 Å². The number of nitrogens with zero attached hydrogens (tertiary/aromatic N) is 4. The van der Waals surface area contributed by atoms with Crippen LogP contribution in [0.25, 0.3) is 10.3 Å². The highest BCUT2D eigenvalue weighted by Gasteiger charge is 2.31. The zero-order valence-electron chi connectivity index (χ0n) is 27.3. The standard InChI is InChI=1S/C35H46N6O4S/c1-35(2,3)24-8-9-27-23(17-24)18-29-33(38-27)46-34(39-29)32(45)37-28(12-15-41-13-10-26(42)11-14-41)21-6-5-7-22(16-21)31(44)36-25-19-30(43)40(4)20-25/h5-7,16,18,24-26,28,42H,8-15,17,19-20H2,1-4H3,(H,36,44)(H,37,45)/t24-,25?,28?/m0/s1. The van der Waals surface area contributed by atoms with Crippen LogP contribution in [0.5, 0.6) is 0 Å².